The third-order valence-corrected chi connectivity index (χ3v) is 7.04. The minimum atomic E-state index is -0.205. The molecule has 1 aliphatic rings. The molecule has 0 bridgehead atoms. The third-order valence-electron chi connectivity index (χ3n) is 4.92. The molecule has 142 valence electrons. The van der Waals surface area contributed by atoms with Crippen molar-refractivity contribution in [3.63, 3.8) is 0 Å². The van der Waals surface area contributed by atoms with E-state index in [0.29, 0.717) is 6.54 Å². The Hall–Kier alpha value is -1.38. The second-order valence-electron chi connectivity index (χ2n) is 6.98. The Morgan fingerprint density at radius 3 is 2.85 bits per heavy atom. The summed E-state index contributed by atoms with van der Waals surface area (Å²) in [5.74, 6) is 0.845. The molecule has 8 heteroatoms. The lowest BCUT2D eigenvalue weighted by atomic mass is 9.97. The maximum absolute atomic E-state index is 12.6. The molecule has 0 aliphatic carbocycles. The van der Waals surface area contributed by atoms with Gasteiger partial charge in [-0.1, -0.05) is 24.8 Å². The smallest absolute Gasteiger partial charge is 0.233 e. The third kappa shape index (κ3) is 4.86. The number of piperidine rings is 1. The fraction of sp³-hybridized carbons (Fsp3) is 0.611. The molecule has 1 saturated heterocycles. The van der Waals surface area contributed by atoms with E-state index in [1.54, 1.807) is 17.7 Å². The molecule has 2 aromatic heterocycles. The van der Waals surface area contributed by atoms with Crippen molar-refractivity contribution >= 4 is 29.0 Å². The first-order valence-corrected chi connectivity index (χ1v) is 10.9. The molecule has 3 heterocycles. The van der Waals surface area contributed by atoms with Crippen LogP contribution in [-0.2, 0) is 11.8 Å². The summed E-state index contributed by atoms with van der Waals surface area (Å²) in [6, 6.07) is 4.53. The summed E-state index contributed by atoms with van der Waals surface area (Å²) < 4.78 is 1.83. The zero-order valence-electron chi connectivity index (χ0n) is 15.6. The van der Waals surface area contributed by atoms with Crippen LogP contribution in [0.4, 0.5) is 0 Å². The topological polar surface area (TPSA) is 63.1 Å². The Morgan fingerprint density at radius 2 is 2.23 bits per heavy atom. The summed E-state index contributed by atoms with van der Waals surface area (Å²) in [6.07, 6.45) is 4.11. The molecule has 1 aliphatic heterocycles. The van der Waals surface area contributed by atoms with E-state index < -0.39 is 0 Å². The van der Waals surface area contributed by atoms with E-state index in [-0.39, 0.29) is 17.2 Å². The highest BCUT2D eigenvalue weighted by Gasteiger charge is 2.26. The summed E-state index contributed by atoms with van der Waals surface area (Å²) in [7, 11) is 1.89. The summed E-state index contributed by atoms with van der Waals surface area (Å²) in [4.78, 5) is 16.4. The molecule has 2 atom stereocenters. The van der Waals surface area contributed by atoms with E-state index in [1.165, 1.54) is 29.5 Å². The minimum Gasteiger partial charge on any atom is -0.353 e. The largest absolute Gasteiger partial charge is 0.353 e. The predicted octanol–water partition coefficient (Wildman–Crippen LogP) is 2.95. The SMILES string of the molecule is CC1CCN(C(CNC(=O)C(C)Sc2nncn2C)c2cccs2)CC1. The van der Waals surface area contributed by atoms with Gasteiger partial charge in [0, 0.05) is 18.5 Å². The Kier molecular flexibility index (Phi) is 6.72. The van der Waals surface area contributed by atoms with Gasteiger partial charge in [0.25, 0.3) is 0 Å². The minimum absolute atomic E-state index is 0.0462. The number of nitrogens with zero attached hydrogens (tertiary/aromatic N) is 4. The molecule has 2 aromatic rings. The average molecular weight is 394 g/mol. The van der Waals surface area contributed by atoms with Gasteiger partial charge in [0.1, 0.15) is 6.33 Å². The van der Waals surface area contributed by atoms with E-state index >= 15 is 0 Å². The van der Waals surface area contributed by atoms with Crippen molar-refractivity contribution in [3.8, 4) is 0 Å². The Labute approximate surface area is 163 Å². The van der Waals surface area contributed by atoms with Gasteiger partial charge < -0.3 is 9.88 Å². The molecule has 26 heavy (non-hydrogen) atoms. The number of aromatic nitrogens is 3. The van der Waals surface area contributed by atoms with Gasteiger partial charge in [-0.15, -0.1) is 21.5 Å². The highest BCUT2D eigenvalue weighted by Crippen LogP contribution is 2.29. The number of aryl methyl sites for hydroxylation is 1. The van der Waals surface area contributed by atoms with Crippen LogP contribution in [0, 0.1) is 5.92 Å². The summed E-state index contributed by atoms with van der Waals surface area (Å²) >= 11 is 3.21. The number of hydrogen-bond donors (Lipinski definition) is 1. The molecule has 0 saturated carbocycles. The molecule has 1 N–H and O–H groups in total. The zero-order chi connectivity index (χ0) is 18.5. The van der Waals surface area contributed by atoms with Crippen molar-refractivity contribution < 1.29 is 4.79 Å². The number of thioether (sulfide) groups is 1. The number of amides is 1. The van der Waals surface area contributed by atoms with Crippen molar-refractivity contribution in [1.82, 2.24) is 25.0 Å². The van der Waals surface area contributed by atoms with E-state index in [9.17, 15) is 4.79 Å². The fourth-order valence-corrected chi connectivity index (χ4v) is 4.84. The van der Waals surface area contributed by atoms with Crippen LogP contribution < -0.4 is 5.32 Å². The number of likely N-dealkylation sites (tertiary alicyclic amines) is 1. The van der Waals surface area contributed by atoms with Crippen molar-refractivity contribution in [2.45, 2.75) is 43.1 Å². The quantitative estimate of drug-likeness (QED) is 0.733. The first kappa shape index (κ1) is 19.4. The second kappa shape index (κ2) is 9.01. The molecule has 2 unspecified atom stereocenters. The fourth-order valence-electron chi connectivity index (χ4n) is 3.16. The highest BCUT2D eigenvalue weighted by molar-refractivity contribution is 8.00. The van der Waals surface area contributed by atoms with Crippen molar-refractivity contribution in [2.24, 2.45) is 13.0 Å². The van der Waals surface area contributed by atoms with Gasteiger partial charge in [0.05, 0.1) is 11.3 Å². The number of hydrogen-bond acceptors (Lipinski definition) is 6. The Balaban J connectivity index is 1.58. The molecule has 1 fully saturated rings. The van der Waals surface area contributed by atoms with E-state index in [1.807, 2.05) is 18.5 Å². The van der Waals surface area contributed by atoms with E-state index in [0.717, 1.165) is 24.2 Å². The molecular weight excluding hydrogens is 366 g/mol. The lowest BCUT2D eigenvalue weighted by molar-refractivity contribution is -0.120. The Bertz CT molecular complexity index is 694. The van der Waals surface area contributed by atoms with Gasteiger partial charge in [-0.05, 0) is 50.2 Å². The standard InChI is InChI=1S/C18H27N5OS2/c1-13-6-8-23(9-7-13)15(16-5-4-10-25-16)11-19-17(24)14(2)26-18-21-20-12-22(18)3/h4-5,10,12-15H,6-9,11H2,1-3H3,(H,19,24). The number of carbonyl (C=O) groups excluding carboxylic acids is 1. The summed E-state index contributed by atoms with van der Waals surface area (Å²) in [6.45, 7) is 7.09. The number of nitrogens with one attached hydrogen (secondary N) is 1. The maximum Gasteiger partial charge on any atom is 0.233 e. The van der Waals surface area contributed by atoms with Crippen molar-refractivity contribution in [1.29, 1.82) is 0 Å². The molecule has 1 amide bonds. The lowest BCUT2D eigenvalue weighted by Crippen LogP contribution is -2.43. The van der Waals surface area contributed by atoms with E-state index in [2.05, 4.69) is 44.9 Å². The van der Waals surface area contributed by atoms with Crippen LogP contribution in [0.3, 0.4) is 0 Å². The number of rotatable bonds is 7. The van der Waals surface area contributed by atoms with Gasteiger partial charge in [-0.25, -0.2) is 0 Å². The Morgan fingerprint density at radius 1 is 1.46 bits per heavy atom. The number of carbonyl (C=O) groups is 1. The first-order valence-electron chi connectivity index (χ1n) is 9.10. The van der Waals surface area contributed by atoms with Crippen LogP contribution in [0.1, 0.15) is 37.6 Å². The lowest BCUT2D eigenvalue weighted by Gasteiger charge is -2.36. The van der Waals surface area contributed by atoms with Crippen LogP contribution in [-0.4, -0.2) is 50.5 Å². The van der Waals surface area contributed by atoms with Gasteiger partial charge in [0.15, 0.2) is 5.16 Å². The van der Waals surface area contributed by atoms with E-state index in [4.69, 9.17) is 0 Å². The van der Waals surface area contributed by atoms with Gasteiger partial charge >= 0.3 is 0 Å². The summed E-state index contributed by atoms with van der Waals surface area (Å²) in [5.41, 5.74) is 0. The highest BCUT2D eigenvalue weighted by atomic mass is 32.2. The van der Waals surface area contributed by atoms with Crippen molar-refractivity contribution in [2.75, 3.05) is 19.6 Å². The summed E-state index contributed by atoms with van der Waals surface area (Å²) in [5, 5.41) is 13.7. The number of thiophene rings is 1. The van der Waals surface area contributed by atoms with Crippen LogP contribution >= 0.6 is 23.1 Å². The van der Waals surface area contributed by atoms with Gasteiger partial charge in [-0.2, -0.15) is 0 Å². The zero-order valence-corrected chi connectivity index (χ0v) is 17.2. The van der Waals surface area contributed by atoms with Crippen LogP contribution in [0.25, 0.3) is 0 Å². The molecule has 0 radical (unpaired) electrons. The average Bonchev–Trinajstić information content (AvgIpc) is 3.29. The second-order valence-corrected chi connectivity index (χ2v) is 9.27. The van der Waals surface area contributed by atoms with Gasteiger partial charge in [-0.3, -0.25) is 9.69 Å². The normalized spacial score (nSPS) is 18.6. The molecular formula is C18H27N5OS2. The predicted molar refractivity (Wildman–Crippen MR) is 106 cm³/mol. The molecule has 3 rings (SSSR count). The van der Waals surface area contributed by atoms with Crippen LogP contribution in [0.2, 0.25) is 0 Å². The molecule has 6 nitrogen and oxygen atoms in total. The van der Waals surface area contributed by atoms with Crippen LogP contribution in [0.5, 0.6) is 0 Å². The monoisotopic (exact) mass is 393 g/mol. The maximum atomic E-state index is 12.6. The molecule has 0 aromatic carbocycles. The first-order chi connectivity index (χ1) is 12.5. The van der Waals surface area contributed by atoms with Crippen LogP contribution in [0.15, 0.2) is 29.0 Å². The molecule has 0 spiro atoms. The van der Waals surface area contributed by atoms with Gasteiger partial charge in [0.2, 0.25) is 5.91 Å². The van der Waals surface area contributed by atoms with Crippen molar-refractivity contribution in [3.05, 3.63) is 28.7 Å².